The number of aromatic nitrogens is 1. The molecule has 7 heteroatoms. The zero-order valence-electron chi connectivity index (χ0n) is 11.0. The van der Waals surface area contributed by atoms with E-state index in [1.165, 1.54) is 11.0 Å². The summed E-state index contributed by atoms with van der Waals surface area (Å²) in [4.78, 5) is 13.3. The quantitative estimate of drug-likeness (QED) is 0.796. The zero-order chi connectivity index (χ0) is 13.9. The van der Waals surface area contributed by atoms with Crippen molar-refractivity contribution in [1.29, 1.82) is 0 Å². The number of amides is 1. The van der Waals surface area contributed by atoms with Crippen LogP contribution in [-0.2, 0) is 9.84 Å². The molecule has 0 saturated carbocycles. The maximum absolute atomic E-state index is 12.0. The van der Waals surface area contributed by atoms with E-state index in [4.69, 9.17) is 4.52 Å². The van der Waals surface area contributed by atoms with E-state index in [2.05, 4.69) is 5.16 Å². The molecule has 0 bridgehead atoms. The van der Waals surface area contributed by atoms with Crippen molar-refractivity contribution in [3.8, 4) is 0 Å². The molecular weight excluding hydrogens is 256 g/mol. The minimum atomic E-state index is -3.11. The highest BCUT2D eigenvalue weighted by Gasteiger charge is 2.24. The summed E-state index contributed by atoms with van der Waals surface area (Å²) in [5, 5.41) is 3.63. The van der Waals surface area contributed by atoms with Gasteiger partial charge in [0.25, 0.3) is 5.91 Å². The van der Waals surface area contributed by atoms with E-state index in [-0.39, 0.29) is 23.2 Å². The Bertz CT molecular complexity index is 521. The SMILES string of the molecule is CCS(=O)(=O)CC(C)N(C)C(=O)c1cc(C)no1. The summed E-state index contributed by atoms with van der Waals surface area (Å²) in [7, 11) is -1.56. The van der Waals surface area contributed by atoms with Crippen molar-refractivity contribution in [2.45, 2.75) is 26.8 Å². The van der Waals surface area contributed by atoms with Gasteiger partial charge in [0, 0.05) is 24.9 Å². The van der Waals surface area contributed by atoms with Crippen molar-refractivity contribution in [2.24, 2.45) is 0 Å². The van der Waals surface area contributed by atoms with Crippen molar-refractivity contribution in [3.63, 3.8) is 0 Å². The average Bonchev–Trinajstić information content (AvgIpc) is 2.73. The van der Waals surface area contributed by atoms with E-state index in [1.807, 2.05) is 0 Å². The molecule has 0 aliphatic carbocycles. The molecule has 0 aromatic carbocycles. The van der Waals surface area contributed by atoms with Crippen molar-refractivity contribution >= 4 is 15.7 Å². The van der Waals surface area contributed by atoms with Crippen LogP contribution < -0.4 is 0 Å². The van der Waals surface area contributed by atoms with Gasteiger partial charge in [0.1, 0.15) is 0 Å². The number of hydrogen-bond acceptors (Lipinski definition) is 5. The highest BCUT2D eigenvalue weighted by atomic mass is 32.2. The standard InChI is InChI=1S/C11H18N2O4S/c1-5-18(15,16)7-9(3)13(4)11(14)10-6-8(2)12-17-10/h6,9H,5,7H2,1-4H3. The molecule has 0 radical (unpaired) electrons. The Labute approximate surface area is 107 Å². The predicted octanol–water partition coefficient (Wildman–Crippen LogP) is 0.878. The highest BCUT2D eigenvalue weighted by Crippen LogP contribution is 2.09. The fraction of sp³-hybridized carbons (Fsp3) is 0.636. The zero-order valence-corrected chi connectivity index (χ0v) is 11.8. The Morgan fingerprint density at radius 1 is 1.56 bits per heavy atom. The number of hydrogen-bond donors (Lipinski definition) is 0. The lowest BCUT2D eigenvalue weighted by Gasteiger charge is -2.23. The van der Waals surface area contributed by atoms with Gasteiger partial charge in [0.05, 0.1) is 11.4 Å². The van der Waals surface area contributed by atoms with Crippen molar-refractivity contribution < 1.29 is 17.7 Å². The molecule has 1 amide bonds. The first-order valence-electron chi connectivity index (χ1n) is 5.67. The number of sulfone groups is 1. The summed E-state index contributed by atoms with van der Waals surface area (Å²) in [5.41, 5.74) is 0.612. The summed E-state index contributed by atoms with van der Waals surface area (Å²) in [6.07, 6.45) is 0. The maximum Gasteiger partial charge on any atom is 0.292 e. The van der Waals surface area contributed by atoms with Crippen LogP contribution in [0, 0.1) is 6.92 Å². The van der Waals surface area contributed by atoms with E-state index in [0.717, 1.165) is 0 Å². The van der Waals surface area contributed by atoms with Gasteiger partial charge in [0.2, 0.25) is 5.76 Å². The van der Waals surface area contributed by atoms with Gasteiger partial charge < -0.3 is 9.42 Å². The number of aryl methyl sites for hydroxylation is 1. The van der Waals surface area contributed by atoms with Gasteiger partial charge >= 0.3 is 0 Å². The Balaban J connectivity index is 2.75. The van der Waals surface area contributed by atoms with Crippen molar-refractivity contribution in [3.05, 3.63) is 17.5 Å². The van der Waals surface area contributed by atoms with Crippen LogP contribution in [0.25, 0.3) is 0 Å². The Kier molecular flexibility index (Phi) is 4.50. The minimum Gasteiger partial charge on any atom is -0.351 e. The number of carbonyl (C=O) groups is 1. The van der Waals surface area contributed by atoms with Crippen molar-refractivity contribution in [1.82, 2.24) is 10.1 Å². The Morgan fingerprint density at radius 3 is 2.61 bits per heavy atom. The topological polar surface area (TPSA) is 80.5 Å². The first kappa shape index (κ1) is 14.7. The lowest BCUT2D eigenvalue weighted by Crippen LogP contribution is -2.39. The van der Waals surface area contributed by atoms with Crippen LogP contribution in [0.5, 0.6) is 0 Å². The average molecular weight is 274 g/mol. The van der Waals surface area contributed by atoms with Gasteiger partial charge in [-0.05, 0) is 13.8 Å². The van der Waals surface area contributed by atoms with Crippen LogP contribution in [0.1, 0.15) is 30.1 Å². The second kappa shape index (κ2) is 5.51. The molecule has 0 saturated heterocycles. The third kappa shape index (κ3) is 3.56. The third-order valence-electron chi connectivity index (χ3n) is 2.76. The van der Waals surface area contributed by atoms with Gasteiger partial charge in [-0.2, -0.15) is 0 Å². The lowest BCUT2D eigenvalue weighted by molar-refractivity contribution is 0.0714. The summed E-state index contributed by atoms with van der Waals surface area (Å²) >= 11 is 0. The van der Waals surface area contributed by atoms with E-state index in [9.17, 15) is 13.2 Å². The minimum absolute atomic E-state index is 0.0567. The summed E-state index contributed by atoms with van der Waals surface area (Å²) in [5.74, 6) is -0.232. The molecule has 0 aliphatic heterocycles. The maximum atomic E-state index is 12.0. The van der Waals surface area contributed by atoms with E-state index < -0.39 is 15.9 Å². The van der Waals surface area contributed by atoms with Crippen LogP contribution >= 0.6 is 0 Å². The molecule has 1 atom stereocenters. The fourth-order valence-electron chi connectivity index (χ4n) is 1.44. The van der Waals surface area contributed by atoms with Gasteiger partial charge in [-0.15, -0.1) is 0 Å². The van der Waals surface area contributed by atoms with E-state index in [0.29, 0.717) is 5.69 Å². The van der Waals surface area contributed by atoms with Crippen LogP contribution in [-0.4, -0.2) is 49.0 Å². The molecule has 0 fully saturated rings. The van der Waals surface area contributed by atoms with E-state index >= 15 is 0 Å². The first-order chi connectivity index (χ1) is 8.26. The second-order valence-corrected chi connectivity index (χ2v) is 6.69. The Hall–Kier alpha value is -1.37. The van der Waals surface area contributed by atoms with Crippen molar-refractivity contribution in [2.75, 3.05) is 18.6 Å². The normalized spacial score (nSPS) is 13.3. The first-order valence-corrected chi connectivity index (χ1v) is 7.50. The molecule has 1 heterocycles. The van der Waals surface area contributed by atoms with Gasteiger partial charge in [-0.25, -0.2) is 8.42 Å². The summed E-state index contributed by atoms with van der Waals surface area (Å²) in [6.45, 7) is 4.99. The summed E-state index contributed by atoms with van der Waals surface area (Å²) < 4.78 is 27.9. The molecule has 0 N–H and O–H groups in total. The molecule has 102 valence electrons. The van der Waals surface area contributed by atoms with Crippen LogP contribution in [0.15, 0.2) is 10.6 Å². The van der Waals surface area contributed by atoms with Crippen LogP contribution in [0.4, 0.5) is 0 Å². The Morgan fingerprint density at radius 2 is 2.17 bits per heavy atom. The molecule has 18 heavy (non-hydrogen) atoms. The molecule has 6 nitrogen and oxygen atoms in total. The number of rotatable bonds is 5. The van der Waals surface area contributed by atoms with Crippen LogP contribution in [0.2, 0.25) is 0 Å². The second-order valence-electron chi connectivity index (χ2n) is 4.30. The van der Waals surface area contributed by atoms with Crippen LogP contribution in [0.3, 0.4) is 0 Å². The molecule has 0 spiro atoms. The molecule has 1 aromatic rings. The lowest BCUT2D eigenvalue weighted by atomic mass is 10.3. The molecule has 0 aliphatic rings. The molecular formula is C11H18N2O4S. The predicted molar refractivity (Wildman–Crippen MR) is 67.1 cm³/mol. The molecule has 1 aromatic heterocycles. The number of nitrogens with zero attached hydrogens (tertiary/aromatic N) is 2. The van der Waals surface area contributed by atoms with E-state index in [1.54, 1.807) is 27.8 Å². The highest BCUT2D eigenvalue weighted by molar-refractivity contribution is 7.91. The smallest absolute Gasteiger partial charge is 0.292 e. The third-order valence-corrected chi connectivity index (χ3v) is 4.63. The number of carbonyl (C=O) groups excluding carboxylic acids is 1. The van der Waals surface area contributed by atoms with Gasteiger partial charge in [-0.1, -0.05) is 12.1 Å². The van der Waals surface area contributed by atoms with Gasteiger partial charge in [0.15, 0.2) is 9.84 Å². The fourth-order valence-corrected chi connectivity index (χ4v) is 2.63. The largest absolute Gasteiger partial charge is 0.351 e. The van der Waals surface area contributed by atoms with Gasteiger partial charge in [-0.3, -0.25) is 4.79 Å². The molecule has 1 unspecified atom stereocenters. The summed E-state index contributed by atoms with van der Waals surface area (Å²) in [6, 6.07) is 1.12. The monoisotopic (exact) mass is 274 g/mol. The molecule has 1 rings (SSSR count).